The van der Waals surface area contributed by atoms with E-state index in [4.69, 9.17) is 5.73 Å². The van der Waals surface area contributed by atoms with Crippen LogP contribution in [0.25, 0.3) is 0 Å². The molecule has 2 heterocycles. The first-order chi connectivity index (χ1) is 12.9. The van der Waals surface area contributed by atoms with Gasteiger partial charge >= 0.3 is 0 Å². The fraction of sp³-hybridized carbons (Fsp3) is 0.522. The van der Waals surface area contributed by atoms with E-state index in [1.54, 1.807) is 11.3 Å². The molecule has 0 aliphatic carbocycles. The zero-order valence-corrected chi connectivity index (χ0v) is 17.7. The van der Waals surface area contributed by atoms with Crippen LogP contribution in [0.1, 0.15) is 65.2 Å². The molecule has 1 atom stereocenters. The van der Waals surface area contributed by atoms with E-state index in [1.165, 1.54) is 28.7 Å². The summed E-state index contributed by atoms with van der Waals surface area (Å²) in [6, 6.07) is 6.27. The number of hydrogen-bond donors (Lipinski definition) is 1. The SMILES string of the molecule is Cc1ccc2c(c1C)CCN(CCC(C)(N)CCCCc1ccsc1)C2=O. The van der Waals surface area contributed by atoms with E-state index in [1.807, 2.05) is 11.0 Å². The molecule has 0 radical (unpaired) electrons. The van der Waals surface area contributed by atoms with Gasteiger partial charge < -0.3 is 10.6 Å². The standard InChI is InChI=1S/C23H32N2OS/c1-17-7-8-21-20(18(17)2)9-13-25(22(21)26)14-12-23(3,24)11-5-4-6-19-10-15-27-16-19/h7-8,10,15-16H,4-6,9,11-14,24H2,1-3H3. The number of rotatable bonds is 8. The van der Waals surface area contributed by atoms with Crippen LogP contribution in [0.15, 0.2) is 29.0 Å². The molecule has 0 saturated carbocycles. The number of amides is 1. The van der Waals surface area contributed by atoms with Crippen molar-refractivity contribution in [2.75, 3.05) is 13.1 Å². The summed E-state index contributed by atoms with van der Waals surface area (Å²) in [5.74, 6) is 0.174. The van der Waals surface area contributed by atoms with Crippen molar-refractivity contribution >= 4 is 17.2 Å². The Bertz CT molecular complexity index is 780. The van der Waals surface area contributed by atoms with Gasteiger partial charge in [0.15, 0.2) is 0 Å². The first-order valence-electron chi connectivity index (χ1n) is 10.1. The van der Waals surface area contributed by atoms with Crippen molar-refractivity contribution in [3.63, 3.8) is 0 Å². The zero-order chi connectivity index (χ0) is 19.4. The summed E-state index contributed by atoms with van der Waals surface area (Å²) in [4.78, 5) is 14.9. The molecule has 1 aliphatic rings. The van der Waals surface area contributed by atoms with Gasteiger partial charge in [-0.3, -0.25) is 4.79 Å². The molecular formula is C23H32N2OS. The maximum Gasteiger partial charge on any atom is 0.254 e. The molecule has 0 spiro atoms. The maximum atomic E-state index is 12.9. The Morgan fingerprint density at radius 3 is 2.74 bits per heavy atom. The summed E-state index contributed by atoms with van der Waals surface area (Å²) >= 11 is 1.76. The molecule has 2 N–H and O–H groups in total. The highest BCUT2D eigenvalue weighted by atomic mass is 32.1. The number of nitrogens with two attached hydrogens (primary N) is 1. The first-order valence-corrected chi connectivity index (χ1v) is 11.0. The fourth-order valence-electron chi connectivity index (χ4n) is 3.94. The van der Waals surface area contributed by atoms with Crippen molar-refractivity contribution in [3.8, 4) is 0 Å². The highest BCUT2D eigenvalue weighted by molar-refractivity contribution is 7.07. The zero-order valence-electron chi connectivity index (χ0n) is 16.9. The number of hydrogen-bond acceptors (Lipinski definition) is 3. The second kappa shape index (κ2) is 8.57. The van der Waals surface area contributed by atoms with Gasteiger partial charge in [0.25, 0.3) is 5.91 Å². The number of fused-ring (bicyclic) bond motifs is 1. The maximum absolute atomic E-state index is 12.9. The third kappa shape index (κ3) is 4.99. The Morgan fingerprint density at radius 2 is 2.00 bits per heavy atom. The van der Waals surface area contributed by atoms with Gasteiger partial charge in [0, 0.05) is 24.2 Å². The van der Waals surface area contributed by atoms with Crippen LogP contribution in [0.4, 0.5) is 0 Å². The number of nitrogens with zero attached hydrogens (tertiary/aromatic N) is 1. The topological polar surface area (TPSA) is 46.3 Å². The lowest BCUT2D eigenvalue weighted by Gasteiger charge is -2.33. The van der Waals surface area contributed by atoms with Crippen molar-refractivity contribution in [1.29, 1.82) is 0 Å². The molecule has 4 heteroatoms. The quantitative estimate of drug-likeness (QED) is 0.659. The second-order valence-corrected chi connectivity index (χ2v) is 9.10. The molecule has 3 nitrogen and oxygen atoms in total. The number of unbranched alkanes of at least 4 members (excludes halogenated alkanes) is 1. The average Bonchev–Trinajstić information content (AvgIpc) is 3.15. The predicted molar refractivity (Wildman–Crippen MR) is 115 cm³/mol. The number of benzene rings is 1. The van der Waals surface area contributed by atoms with Crippen LogP contribution in [0.5, 0.6) is 0 Å². The lowest BCUT2D eigenvalue weighted by atomic mass is 9.89. The predicted octanol–water partition coefficient (Wildman–Crippen LogP) is 4.88. The van der Waals surface area contributed by atoms with Crippen molar-refractivity contribution in [2.45, 2.75) is 64.8 Å². The molecule has 1 aromatic carbocycles. The summed E-state index contributed by atoms with van der Waals surface area (Å²) in [7, 11) is 0. The number of aryl methyl sites for hydroxylation is 2. The van der Waals surface area contributed by atoms with Crippen LogP contribution in [0.3, 0.4) is 0 Å². The number of carbonyl (C=O) groups excluding carboxylic acids is 1. The summed E-state index contributed by atoms with van der Waals surface area (Å²) in [5, 5.41) is 4.36. The molecule has 0 saturated heterocycles. The summed E-state index contributed by atoms with van der Waals surface area (Å²) in [6.07, 6.45) is 6.28. The highest BCUT2D eigenvalue weighted by Crippen LogP contribution is 2.26. The third-order valence-electron chi connectivity index (χ3n) is 6.01. The van der Waals surface area contributed by atoms with Crippen LogP contribution in [-0.2, 0) is 12.8 Å². The van der Waals surface area contributed by atoms with Crippen LogP contribution in [0.2, 0.25) is 0 Å². The van der Waals surface area contributed by atoms with E-state index in [2.05, 4.69) is 43.7 Å². The largest absolute Gasteiger partial charge is 0.338 e. The molecule has 3 rings (SSSR count). The van der Waals surface area contributed by atoms with Crippen molar-refractivity contribution in [2.24, 2.45) is 5.73 Å². The molecule has 1 unspecified atom stereocenters. The summed E-state index contributed by atoms with van der Waals surface area (Å²) in [6.45, 7) is 7.94. The van der Waals surface area contributed by atoms with Gasteiger partial charge in [-0.15, -0.1) is 0 Å². The van der Waals surface area contributed by atoms with Crippen LogP contribution >= 0.6 is 11.3 Å². The molecule has 1 aromatic heterocycles. The Balaban J connectivity index is 1.48. The number of carbonyl (C=O) groups is 1. The molecular weight excluding hydrogens is 352 g/mol. The highest BCUT2D eigenvalue weighted by Gasteiger charge is 2.27. The Labute approximate surface area is 167 Å². The van der Waals surface area contributed by atoms with Gasteiger partial charge in [0.05, 0.1) is 0 Å². The van der Waals surface area contributed by atoms with Crippen molar-refractivity contribution in [3.05, 3.63) is 56.8 Å². The minimum Gasteiger partial charge on any atom is -0.338 e. The van der Waals surface area contributed by atoms with Gasteiger partial charge in [0.2, 0.25) is 0 Å². The summed E-state index contributed by atoms with van der Waals surface area (Å²) < 4.78 is 0. The van der Waals surface area contributed by atoms with Crippen molar-refractivity contribution in [1.82, 2.24) is 4.90 Å². The van der Waals surface area contributed by atoms with Gasteiger partial charge in [-0.2, -0.15) is 11.3 Å². The minimum absolute atomic E-state index is 0.174. The summed E-state index contributed by atoms with van der Waals surface area (Å²) in [5.41, 5.74) is 12.4. The van der Waals surface area contributed by atoms with E-state index >= 15 is 0 Å². The molecule has 0 fully saturated rings. The first kappa shape index (κ1) is 20.1. The van der Waals surface area contributed by atoms with E-state index in [0.29, 0.717) is 0 Å². The molecule has 27 heavy (non-hydrogen) atoms. The molecule has 146 valence electrons. The Hall–Kier alpha value is -1.65. The van der Waals surface area contributed by atoms with Crippen LogP contribution in [-0.4, -0.2) is 29.4 Å². The minimum atomic E-state index is -0.210. The van der Waals surface area contributed by atoms with Gasteiger partial charge in [-0.25, -0.2) is 0 Å². The van der Waals surface area contributed by atoms with E-state index in [0.717, 1.165) is 50.8 Å². The third-order valence-corrected chi connectivity index (χ3v) is 6.75. The van der Waals surface area contributed by atoms with Crippen LogP contribution < -0.4 is 5.73 Å². The lowest BCUT2D eigenvalue weighted by molar-refractivity contribution is 0.0726. The van der Waals surface area contributed by atoms with E-state index in [9.17, 15) is 4.79 Å². The van der Waals surface area contributed by atoms with Gasteiger partial charge in [-0.05, 0) is 98.0 Å². The molecule has 2 aromatic rings. The second-order valence-electron chi connectivity index (χ2n) is 8.32. The Morgan fingerprint density at radius 1 is 1.19 bits per heavy atom. The van der Waals surface area contributed by atoms with Crippen molar-refractivity contribution < 1.29 is 4.79 Å². The lowest BCUT2D eigenvalue weighted by Crippen LogP contribution is -2.44. The van der Waals surface area contributed by atoms with Gasteiger partial charge in [0.1, 0.15) is 0 Å². The van der Waals surface area contributed by atoms with Crippen LogP contribution in [0, 0.1) is 13.8 Å². The van der Waals surface area contributed by atoms with Gasteiger partial charge in [-0.1, -0.05) is 12.5 Å². The molecule has 0 bridgehead atoms. The Kier molecular flexibility index (Phi) is 6.38. The molecule has 1 aliphatic heterocycles. The monoisotopic (exact) mass is 384 g/mol. The fourth-order valence-corrected chi connectivity index (χ4v) is 4.64. The average molecular weight is 385 g/mol. The molecule has 1 amide bonds. The normalized spacial score (nSPS) is 16.3. The number of thiophene rings is 1. The van der Waals surface area contributed by atoms with E-state index in [-0.39, 0.29) is 11.4 Å². The smallest absolute Gasteiger partial charge is 0.254 e. The van der Waals surface area contributed by atoms with E-state index < -0.39 is 0 Å².